The summed E-state index contributed by atoms with van der Waals surface area (Å²) in [4.78, 5) is 50.6. The molecule has 0 saturated carbocycles. The third kappa shape index (κ3) is 10.4. The van der Waals surface area contributed by atoms with Gasteiger partial charge in [-0.2, -0.15) is 0 Å². The lowest BCUT2D eigenvalue weighted by atomic mass is 9.89. The molecule has 3 aromatic carbocycles. The van der Waals surface area contributed by atoms with E-state index in [9.17, 15) is 23.6 Å². The summed E-state index contributed by atoms with van der Waals surface area (Å²) in [5.74, 6) is -2.89. The first-order valence-corrected chi connectivity index (χ1v) is 14.8. The number of amides is 1. The van der Waals surface area contributed by atoms with E-state index in [0.29, 0.717) is 42.1 Å². The van der Waals surface area contributed by atoms with Gasteiger partial charge in [-0.05, 0) is 98.9 Å². The number of carboxylic acid groups (broad SMARTS) is 2. The lowest BCUT2D eigenvalue weighted by Crippen LogP contribution is -2.42. The Bertz CT molecular complexity index is 1420. The number of nitrogen functional groups attached to an aromatic ring is 1. The summed E-state index contributed by atoms with van der Waals surface area (Å²) in [6.45, 7) is 2.82. The minimum absolute atomic E-state index is 0.0533. The second-order valence-electron chi connectivity index (χ2n) is 9.78. The standard InChI is InChI=1S/C28H30FN3O2S.C4H4O4/c1-35-26-4-2-3-25(19-26)32(28(34)22-7-11-24(30)12-8-22)18-17-31-15-13-21(14-16-31)27(33)20-5-9-23(29)10-6-20;5-3(6)1-2-4(7)8/h2-12,19,21H,13-18,30H2,1H3;1-2H,(H,5,6)(H,7,8)/b;2-1+. The average Bonchev–Trinajstić information content (AvgIpc) is 3.01. The fraction of sp³-hybridized carbons (Fsp3) is 0.250. The number of aliphatic carboxylic acids is 2. The van der Waals surface area contributed by atoms with Crippen molar-refractivity contribution in [2.45, 2.75) is 17.7 Å². The van der Waals surface area contributed by atoms with Crippen LogP contribution in [-0.2, 0) is 9.59 Å². The summed E-state index contributed by atoms with van der Waals surface area (Å²) in [5.41, 5.74) is 8.45. The van der Waals surface area contributed by atoms with E-state index in [4.69, 9.17) is 15.9 Å². The minimum atomic E-state index is -1.26. The monoisotopic (exact) mass is 607 g/mol. The number of piperidine rings is 1. The van der Waals surface area contributed by atoms with Crippen molar-refractivity contribution in [2.24, 2.45) is 5.92 Å². The summed E-state index contributed by atoms with van der Waals surface area (Å²) in [5, 5.41) is 15.6. The van der Waals surface area contributed by atoms with Crippen LogP contribution in [-0.4, -0.2) is 71.2 Å². The number of carbonyl (C=O) groups excluding carboxylic acids is 2. The number of rotatable bonds is 10. The van der Waals surface area contributed by atoms with Crippen LogP contribution in [0.1, 0.15) is 33.6 Å². The lowest BCUT2D eigenvalue weighted by molar-refractivity contribution is -0.134. The van der Waals surface area contributed by atoms with E-state index < -0.39 is 11.9 Å². The first-order chi connectivity index (χ1) is 20.6. The number of carboxylic acids is 2. The molecule has 4 N–H and O–H groups in total. The molecular weight excluding hydrogens is 573 g/mol. The highest BCUT2D eigenvalue weighted by molar-refractivity contribution is 7.98. The van der Waals surface area contributed by atoms with Crippen molar-refractivity contribution in [3.05, 3.63) is 102 Å². The Balaban J connectivity index is 0.000000557. The molecule has 226 valence electrons. The maximum absolute atomic E-state index is 13.4. The van der Waals surface area contributed by atoms with E-state index in [1.54, 1.807) is 48.2 Å². The highest BCUT2D eigenvalue weighted by Gasteiger charge is 2.27. The zero-order valence-electron chi connectivity index (χ0n) is 23.7. The van der Waals surface area contributed by atoms with Gasteiger partial charge in [-0.1, -0.05) is 6.07 Å². The first-order valence-electron chi connectivity index (χ1n) is 13.5. The largest absolute Gasteiger partial charge is 0.478 e. The van der Waals surface area contributed by atoms with E-state index in [0.717, 1.165) is 36.5 Å². The molecule has 3 aromatic rings. The lowest BCUT2D eigenvalue weighted by Gasteiger charge is -2.33. The van der Waals surface area contributed by atoms with Crippen molar-refractivity contribution in [3.63, 3.8) is 0 Å². The number of anilines is 2. The van der Waals surface area contributed by atoms with Gasteiger partial charge in [0, 0.05) is 58.6 Å². The highest BCUT2D eigenvalue weighted by atomic mass is 32.2. The molecule has 0 unspecified atom stereocenters. The van der Waals surface area contributed by atoms with Gasteiger partial charge >= 0.3 is 11.9 Å². The van der Waals surface area contributed by atoms with Crippen molar-refractivity contribution >= 4 is 46.8 Å². The number of thioether (sulfide) groups is 1. The number of likely N-dealkylation sites (tertiary alicyclic amines) is 1. The number of nitrogens with two attached hydrogens (primary N) is 1. The van der Waals surface area contributed by atoms with Crippen molar-refractivity contribution < 1.29 is 33.8 Å². The predicted octanol–water partition coefficient (Wildman–Crippen LogP) is 5.08. The number of carbonyl (C=O) groups is 4. The minimum Gasteiger partial charge on any atom is -0.478 e. The zero-order valence-corrected chi connectivity index (χ0v) is 24.5. The van der Waals surface area contributed by atoms with Crippen LogP contribution in [0.3, 0.4) is 0 Å². The average molecular weight is 608 g/mol. The summed E-state index contributed by atoms with van der Waals surface area (Å²) < 4.78 is 13.2. The summed E-state index contributed by atoms with van der Waals surface area (Å²) in [6.07, 6.45) is 4.64. The van der Waals surface area contributed by atoms with Crippen molar-refractivity contribution in [1.82, 2.24) is 4.90 Å². The number of hydrogen-bond donors (Lipinski definition) is 3. The van der Waals surface area contributed by atoms with Crippen molar-refractivity contribution in [1.29, 1.82) is 0 Å². The molecule has 0 radical (unpaired) electrons. The Labute approximate surface area is 253 Å². The van der Waals surface area contributed by atoms with Crippen LogP contribution in [0.5, 0.6) is 0 Å². The van der Waals surface area contributed by atoms with Crippen LogP contribution >= 0.6 is 11.8 Å². The number of Topliss-reactive ketones (excluding diaryl/α,β-unsaturated/α-hetero) is 1. The molecule has 1 saturated heterocycles. The fourth-order valence-corrected chi connectivity index (χ4v) is 5.01. The van der Waals surface area contributed by atoms with Crippen molar-refractivity contribution in [3.8, 4) is 0 Å². The van der Waals surface area contributed by atoms with Gasteiger partial charge in [0.25, 0.3) is 5.91 Å². The van der Waals surface area contributed by atoms with E-state index in [2.05, 4.69) is 4.90 Å². The van der Waals surface area contributed by atoms with Gasteiger partial charge in [-0.3, -0.25) is 9.59 Å². The summed E-state index contributed by atoms with van der Waals surface area (Å²) in [6, 6.07) is 20.8. The highest BCUT2D eigenvalue weighted by Crippen LogP contribution is 2.25. The number of ketones is 1. The third-order valence-corrected chi connectivity index (χ3v) is 7.59. The van der Waals surface area contributed by atoms with Crippen LogP contribution in [0, 0.1) is 11.7 Å². The molecule has 0 aliphatic carbocycles. The smallest absolute Gasteiger partial charge is 0.328 e. The molecule has 1 fully saturated rings. The molecule has 0 bridgehead atoms. The van der Waals surface area contributed by atoms with E-state index in [1.165, 1.54) is 12.1 Å². The molecule has 4 rings (SSSR count). The summed E-state index contributed by atoms with van der Waals surface area (Å²) in [7, 11) is 0. The zero-order chi connectivity index (χ0) is 31.4. The quantitative estimate of drug-likeness (QED) is 0.124. The summed E-state index contributed by atoms with van der Waals surface area (Å²) >= 11 is 1.64. The van der Waals surface area contributed by atoms with Gasteiger partial charge in [-0.25, -0.2) is 14.0 Å². The molecule has 1 aliphatic rings. The van der Waals surface area contributed by atoms with Crippen LogP contribution in [0.2, 0.25) is 0 Å². The normalized spacial score (nSPS) is 13.6. The molecule has 1 amide bonds. The second kappa shape index (κ2) is 16.2. The third-order valence-electron chi connectivity index (χ3n) is 6.86. The van der Waals surface area contributed by atoms with Crippen LogP contribution in [0.25, 0.3) is 0 Å². The molecule has 0 spiro atoms. The van der Waals surface area contributed by atoms with Gasteiger partial charge in [0.1, 0.15) is 5.82 Å². The Morgan fingerprint density at radius 1 is 0.930 bits per heavy atom. The Morgan fingerprint density at radius 3 is 2.07 bits per heavy atom. The first kappa shape index (κ1) is 33.0. The van der Waals surface area contributed by atoms with E-state index in [-0.39, 0.29) is 23.4 Å². The SMILES string of the molecule is CSc1cccc(N(CCN2CCC(C(=O)c3ccc(F)cc3)CC2)C(=O)c2ccc(N)cc2)c1.O=C(O)/C=C/C(=O)O. The molecule has 0 aromatic heterocycles. The molecule has 0 atom stereocenters. The van der Waals surface area contributed by atoms with Gasteiger partial charge < -0.3 is 25.7 Å². The number of hydrogen-bond acceptors (Lipinski definition) is 7. The van der Waals surface area contributed by atoms with Crippen LogP contribution in [0.15, 0.2) is 89.8 Å². The van der Waals surface area contributed by atoms with Gasteiger partial charge in [-0.15, -0.1) is 11.8 Å². The topological polar surface area (TPSA) is 141 Å². The molecular formula is C32H34FN3O6S. The molecule has 1 heterocycles. The molecule has 43 heavy (non-hydrogen) atoms. The number of halogens is 1. The second-order valence-corrected chi connectivity index (χ2v) is 10.7. The molecule has 9 nitrogen and oxygen atoms in total. The molecule has 11 heteroatoms. The van der Waals surface area contributed by atoms with Crippen molar-refractivity contribution in [2.75, 3.05) is 43.1 Å². The van der Waals surface area contributed by atoms with E-state index in [1.807, 2.05) is 35.4 Å². The number of benzene rings is 3. The van der Waals surface area contributed by atoms with Crippen LogP contribution < -0.4 is 10.6 Å². The maximum atomic E-state index is 13.4. The number of nitrogens with zero attached hydrogens (tertiary/aromatic N) is 2. The maximum Gasteiger partial charge on any atom is 0.328 e. The van der Waals surface area contributed by atoms with Gasteiger partial charge in [0.2, 0.25) is 0 Å². The van der Waals surface area contributed by atoms with E-state index >= 15 is 0 Å². The van der Waals surface area contributed by atoms with Gasteiger partial charge in [0.05, 0.1) is 0 Å². The van der Waals surface area contributed by atoms with Crippen LogP contribution in [0.4, 0.5) is 15.8 Å². The fourth-order valence-electron chi connectivity index (χ4n) is 4.56. The Hall–Kier alpha value is -4.48. The molecule has 1 aliphatic heterocycles. The predicted molar refractivity (Wildman–Crippen MR) is 165 cm³/mol. The Morgan fingerprint density at radius 2 is 1.51 bits per heavy atom. The van der Waals surface area contributed by atoms with Gasteiger partial charge in [0.15, 0.2) is 5.78 Å². The Kier molecular flexibility index (Phi) is 12.5.